The molecule has 88 valence electrons. The van der Waals surface area contributed by atoms with E-state index in [2.05, 4.69) is 11.1 Å². The van der Waals surface area contributed by atoms with E-state index in [1.807, 2.05) is 0 Å². The molecular weight excluding hydrogens is 248 g/mol. The summed E-state index contributed by atoms with van der Waals surface area (Å²) in [6.07, 6.45) is 1.62. The van der Waals surface area contributed by atoms with Gasteiger partial charge in [0.05, 0.1) is 11.1 Å². The molecule has 18 heavy (non-hydrogen) atoms. The smallest absolute Gasteiger partial charge is 0.335 e. The quantitative estimate of drug-likeness (QED) is 0.914. The number of pyridine rings is 1. The van der Waals surface area contributed by atoms with Crippen molar-refractivity contribution in [2.24, 2.45) is 0 Å². The van der Waals surface area contributed by atoms with Gasteiger partial charge in [0.2, 0.25) is 0 Å². The molecule has 0 radical (unpaired) electrons. The van der Waals surface area contributed by atoms with Gasteiger partial charge < -0.3 is 5.11 Å². The molecule has 0 saturated heterocycles. The maximum atomic E-state index is 10.7. The van der Waals surface area contributed by atoms with Crippen LogP contribution in [-0.2, 0) is 0 Å². The lowest BCUT2D eigenvalue weighted by Gasteiger charge is -2.02. The Balaban J connectivity index is 2.24. The third-order valence-corrected chi connectivity index (χ3v) is 3.23. The number of aromatic nitrogens is 1. The molecule has 1 N–H and O–H groups in total. The summed E-state index contributed by atoms with van der Waals surface area (Å²) in [6, 6.07) is 11.9. The van der Waals surface area contributed by atoms with E-state index in [4.69, 9.17) is 10.4 Å². The van der Waals surface area contributed by atoms with Crippen LogP contribution in [0.5, 0.6) is 0 Å². The number of nitrogens with zero attached hydrogens (tertiary/aromatic N) is 2. The molecular formula is C13H8N2O2S. The molecule has 0 amide bonds. The van der Waals surface area contributed by atoms with Crippen LogP contribution in [0.2, 0.25) is 0 Å². The number of hydrogen-bond donors (Lipinski definition) is 1. The Morgan fingerprint density at radius 3 is 2.61 bits per heavy atom. The predicted octanol–water partition coefficient (Wildman–Crippen LogP) is 2.80. The van der Waals surface area contributed by atoms with Gasteiger partial charge in [-0.15, -0.1) is 0 Å². The van der Waals surface area contributed by atoms with Crippen LogP contribution in [0.25, 0.3) is 0 Å². The zero-order valence-electron chi connectivity index (χ0n) is 9.20. The van der Waals surface area contributed by atoms with Crippen molar-refractivity contribution in [3.8, 4) is 6.07 Å². The van der Waals surface area contributed by atoms with Crippen LogP contribution < -0.4 is 0 Å². The van der Waals surface area contributed by atoms with Crippen molar-refractivity contribution in [3.63, 3.8) is 0 Å². The fourth-order valence-corrected chi connectivity index (χ4v) is 2.17. The first kappa shape index (κ1) is 12.1. The van der Waals surface area contributed by atoms with Crippen molar-refractivity contribution in [1.82, 2.24) is 4.98 Å². The van der Waals surface area contributed by atoms with Gasteiger partial charge in [-0.25, -0.2) is 9.78 Å². The lowest BCUT2D eigenvalue weighted by atomic mass is 10.2. The van der Waals surface area contributed by atoms with Crippen LogP contribution in [0.3, 0.4) is 0 Å². The summed E-state index contributed by atoms with van der Waals surface area (Å²) in [5.74, 6) is -0.956. The van der Waals surface area contributed by atoms with Crippen LogP contribution in [0.4, 0.5) is 0 Å². The van der Waals surface area contributed by atoms with Crippen molar-refractivity contribution in [1.29, 1.82) is 5.26 Å². The highest BCUT2D eigenvalue weighted by Gasteiger charge is 2.06. The number of aromatic carboxylic acids is 1. The number of carboxylic acid groups (broad SMARTS) is 1. The number of rotatable bonds is 3. The number of carboxylic acids is 1. The van der Waals surface area contributed by atoms with Gasteiger partial charge in [0.25, 0.3) is 0 Å². The molecule has 5 heteroatoms. The molecule has 0 bridgehead atoms. The van der Waals surface area contributed by atoms with E-state index in [1.165, 1.54) is 23.9 Å². The molecule has 2 rings (SSSR count). The highest BCUT2D eigenvalue weighted by atomic mass is 32.2. The second-order valence-electron chi connectivity index (χ2n) is 3.40. The Bertz CT molecular complexity index is 618. The molecule has 1 aromatic carbocycles. The Hall–Kier alpha value is -2.32. The summed E-state index contributed by atoms with van der Waals surface area (Å²) >= 11 is 1.33. The average Bonchev–Trinajstić information content (AvgIpc) is 2.40. The summed E-state index contributed by atoms with van der Waals surface area (Å²) in [6.45, 7) is 0. The standard InChI is InChI=1S/C13H8N2O2S/c14-8-10-2-1-7-15-12(10)18-11-5-3-9(4-6-11)13(16)17/h1-7H,(H,16,17). The van der Waals surface area contributed by atoms with E-state index in [0.29, 0.717) is 10.6 Å². The summed E-state index contributed by atoms with van der Waals surface area (Å²) < 4.78 is 0. The largest absolute Gasteiger partial charge is 0.478 e. The van der Waals surface area contributed by atoms with Gasteiger partial charge in [-0.1, -0.05) is 11.8 Å². The van der Waals surface area contributed by atoms with E-state index in [1.54, 1.807) is 30.5 Å². The number of hydrogen-bond acceptors (Lipinski definition) is 4. The van der Waals surface area contributed by atoms with Crippen LogP contribution >= 0.6 is 11.8 Å². The molecule has 0 aliphatic heterocycles. The van der Waals surface area contributed by atoms with E-state index in [0.717, 1.165) is 4.90 Å². The van der Waals surface area contributed by atoms with Crippen molar-refractivity contribution < 1.29 is 9.90 Å². The fraction of sp³-hybridized carbons (Fsp3) is 0. The second-order valence-corrected chi connectivity index (χ2v) is 4.46. The minimum absolute atomic E-state index is 0.237. The minimum atomic E-state index is -0.956. The van der Waals surface area contributed by atoms with Gasteiger partial charge in [-0.2, -0.15) is 5.26 Å². The van der Waals surface area contributed by atoms with E-state index >= 15 is 0 Å². The first-order valence-corrected chi connectivity index (χ1v) is 5.88. The van der Waals surface area contributed by atoms with Crippen LogP contribution in [0, 0.1) is 11.3 Å². The fourth-order valence-electron chi connectivity index (χ4n) is 1.33. The predicted molar refractivity (Wildman–Crippen MR) is 66.5 cm³/mol. The SMILES string of the molecule is N#Cc1cccnc1Sc1ccc(C(=O)O)cc1. The van der Waals surface area contributed by atoms with Crippen molar-refractivity contribution in [2.75, 3.05) is 0 Å². The van der Waals surface area contributed by atoms with Crippen molar-refractivity contribution in [2.45, 2.75) is 9.92 Å². The Kier molecular flexibility index (Phi) is 3.60. The number of nitriles is 1. The van der Waals surface area contributed by atoms with Gasteiger partial charge in [0, 0.05) is 11.1 Å². The second kappa shape index (κ2) is 5.34. The summed E-state index contributed by atoms with van der Waals surface area (Å²) in [5.41, 5.74) is 0.741. The molecule has 0 unspecified atom stereocenters. The van der Waals surface area contributed by atoms with Crippen molar-refractivity contribution >= 4 is 17.7 Å². The highest BCUT2D eigenvalue weighted by Crippen LogP contribution is 2.28. The lowest BCUT2D eigenvalue weighted by Crippen LogP contribution is -1.94. The van der Waals surface area contributed by atoms with Gasteiger partial charge in [0.15, 0.2) is 0 Å². The first-order chi connectivity index (χ1) is 8.70. The monoisotopic (exact) mass is 256 g/mol. The van der Waals surface area contributed by atoms with E-state index in [9.17, 15) is 4.79 Å². The van der Waals surface area contributed by atoms with Gasteiger partial charge in [-0.05, 0) is 36.4 Å². The lowest BCUT2D eigenvalue weighted by molar-refractivity contribution is 0.0697. The van der Waals surface area contributed by atoms with Crippen LogP contribution in [0.15, 0.2) is 52.5 Å². The Morgan fingerprint density at radius 1 is 1.28 bits per heavy atom. The maximum absolute atomic E-state index is 10.7. The molecule has 0 fully saturated rings. The minimum Gasteiger partial charge on any atom is -0.478 e. The zero-order valence-corrected chi connectivity index (χ0v) is 10.0. The molecule has 0 atom stereocenters. The van der Waals surface area contributed by atoms with E-state index in [-0.39, 0.29) is 5.56 Å². The summed E-state index contributed by atoms with van der Waals surface area (Å²) in [7, 11) is 0. The maximum Gasteiger partial charge on any atom is 0.335 e. The Morgan fingerprint density at radius 2 is 2.00 bits per heavy atom. The Labute approximate surface area is 108 Å². The molecule has 0 aliphatic rings. The number of carbonyl (C=O) groups is 1. The van der Waals surface area contributed by atoms with Crippen molar-refractivity contribution in [3.05, 3.63) is 53.7 Å². The molecule has 0 aliphatic carbocycles. The molecule has 1 aromatic heterocycles. The molecule has 4 nitrogen and oxygen atoms in total. The van der Waals surface area contributed by atoms with Gasteiger partial charge in [0.1, 0.15) is 11.1 Å². The molecule has 1 heterocycles. The topological polar surface area (TPSA) is 74.0 Å². The van der Waals surface area contributed by atoms with Crippen LogP contribution in [-0.4, -0.2) is 16.1 Å². The van der Waals surface area contributed by atoms with Gasteiger partial charge in [-0.3, -0.25) is 0 Å². The average molecular weight is 256 g/mol. The number of benzene rings is 1. The van der Waals surface area contributed by atoms with E-state index < -0.39 is 5.97 Å². The first-order valence-electron chi connectivity index (χ1n) is 5.07. The van der Waals surface area contributed by atoms with Crippen LogP contribution in [0.1, 0.15) is 15.9 Å². The molecule has 0 spiro atoms. The highest BCUT2D eigenvalue weighted by molar-refractivity contribution is 7.99. The molecule has 0 saturated carbocycles. The molecule has 2 aromatic rings. The van der Waals surface area contributed by atoms with Gasteiger partial charge >= 0.3 is 5.97 Å². The summed E-state index contributed by atoms with van der Waals surface area (Å²) in [5, 5.41) is 18.3. The summed E-state index contributed by atoms with van der Waals surface area (Å²) in [4.78, 5) is 15.7. The zero-order chi connectivity index (χ0) is 13.0. The third-order valence-electron chi connectivity index (χ3n) is 2.21. The normalized spacial score (nSPS) is 9.72. The third kappa shape index (κ3) is 2.67.